The minimum atomic E-state index is 0.568. The summed E-state index contributed by atoms with van der Waals surface area (Å²) >= 11 is 0. The van der Waals surface area contributed by atoms with Crippen molar-refractivity contribution in [2.24, 2.45) is 0 Å². The maximum absolute atomic E-state index is 8.87. The van der Waals surface area contributed by atoms with E-state index in [1.54, 1.807) is 30.0 Å². The average Bonchev–Trinajstić information content (AvgIpc) is 2.89. The van der Waals surface area contributed by atoms with E-state index >= 15 is 0 Å². The van der Waals surface area contributed by atoms with E-state index in [-0.39, 0.29) is 0 Å². The van der Waals surface area contributed by atoms with Crippen LogP contribution < -0.4 is 4.74 Å². The standard InChI is InChI=1S/C15H12N4O/c1-20-13-5-2-11(3-6-13)8-14-17-15-7-4-12(9-16)10-19(15)18-14/h2-7,10H,8H2,1H3. The van der Waals surface area contributed by atoms with Gasteiger partial charge < -0.3 is 4.74 Å². The van der Waals surface area contributed by atoms with E-state index in [2.05, 4.69) is 16.2 Å². The smallest absolute Gasteiger partial charge is 0.156 e. The van der Waals surface area contributed by atoms with E-state index < -0.39 is 0 Å². The molecule has 2 aromatic heterocycles. The van der Waals surface area contributed by atoms with Crippen LogP contribution in [-0.2, 0) is 6.42 Å². The summed E-state index contributed by atoms with van der Waals surface area (Å²) in [6.07, 6.45) is 2.33. The molecule has 0 saturated carbocycles. The maximum Gasteiger partial charge on any atom is 0.156 e. The Morgan fingerprint density at radius 1 is 1.20 bits per heavy atom. The molecule has 0 unspecified atom stereocenters. The van der Waals surface area contributed by atoms with E-state index in [4.69, 9.17) is 10.00 Å². The Kier molecular flexibility index (Phi) is 3.05. The van der Waals surface area contributed by atoms with Crippen LogP contribution in [0.1, 0.15) is 17.0 Å². The summed E-state index contributed by atoms with van der Waals surface area (Å²) in [6, 6.07) is 13.4. The molecule has 98 valence electrons. The Bertz CT molecular complexity index is 784. The van der Waals surface area contributed by atoms with Crippen molar-refractivity contribution < 1.29 is 4.74 Å². The molecule has 0 radical (unpaired) electrons. The Morgan fingerprint density at radius 3 is 2.70 bits per heavy atom. The molecule has 0 atom stereocenters. The third kappa shape index (κ3) is 2.31. The van der Waals surface area contributed by atoms with Crippen molar-refractivity contribution in [1.82, 2.24) is 14.6 Å². The van der Waals surface area contributed by atoms with Gasteiger partial charge in [-0.25, -0.2) is 9.50 Å². The Morgan fingerprint density at radius 2 is 2.00 bits per heavy atom. The van der Waals surface area contributed by atoms with E-state index in [9.17, 15) is 0 Å². The number of aromatic nitrogens is 3. The first-order valence-corrected chi connectivity index (χ1v) is 6.17. The topological polar surface area (TPSA) is 63.2 Å². The van der Waals surface area contributed by atoms with Crippen LogP contribution in [0.2, 0.25) is 0 Å². The van der Waals surface area contributed by atoms with Gasteiger partial charge >= 0.3 is 0 Å². The largest absolute Gasteiger partial charge is 0.497 e. The molecule has 3 aromatic rings. The predicted molar refractivity (Wildman–Crippen MR) is 73.5 cm³/mol. The van der Waals surface area contributed by atoms with Crippen molar-refractivity contribution in [3.05, 3.63) is 59.5 Å². The lowest BCUT2D eigenvalue weighted by Crippen LogP contribution is -1.93. The Labute approximate surface area is 116 Å². The molecule has 0 amide bonds. The number of rotatable bonds is 3. The van der Waals surface area contributed by atoms with Gasteiger partial charge in [0.1, 0.15) is 11.8 Å². The summed E-state index contributed by atoms with van der Waals surface area (Å²) in [6.45, 7) is 0. The highest BCUT2D eigenvalue weighted by atomic mass is 16.5. The molecule has 0 fully saturated rings. The lowest BCUT2D eigenvalue weighted by molar-refractivity contribution is 0.414. The molecule has 0 spiro atoms. The highest BCUT2D eigenvalue weighted by Gasteiger charge is 2.05. The predicted octanol–water partition coefficient (Wildman–Crippen LogP) is 2.20. The van der Waals surface area contributed by atoms with Gasteiger partial charge in [-0.15, -0.1) is 0 Å². The molecule has 1 aromatic carbocycles. The van der Waals surface area contributed by atoms with Crippen LogP contribution in [0.25, 0.3) is 5.65 Å². The second kappa shape index (κ2) is 5.02. The molecule has 3 rings (SSSR count). The molecule has 0 aliphatic carbocycles. The summed E-state index contributed by atoms with van der Waals surface area (Å²) in [5.74, 6) is 1.56. The van der Waals surface area contributed by atoms with Crippen molar-refractivity contribution in [3.8, 4) is 11.8 Å². The number of hydrogen-bond acceptors (Lipinski definition) is 4. The number of nitrogens with zero attached hydrogens (tertiary/aromatic N) is 4. The lowest BCUT2D eigenvalue weighted by atomic mass is 10.1. The SMILES string of the molecule is COc1ccc(Cc2nc3ccc(C#N)cn3n2)cc1. The molecule has 0 saturated heterocycles. The highest BCUT2D eigenvalue weighted by molar-refractivity contribution is 5.42. The number of nitriles is 1. The number of fused-ring (bicyclic) bond motifs is 1. The first kappa shape index (κ1) is 12.2. The second-order valence-corrected chi connectivity index (χ2v) is 4.39. The number of pyridine rings is 1. The molecule has 0 aliphatic rings. The van der Waals surface area contributed by atoms with Crippen LogP contribution in [0.5, 0.6) is 5.75 Å². The second-order valence-electron chi connectivity index (χ2n) is 4.39. The fraction of sp³-hybridized carbons (Fsp3) is 0.133. The first-order chi connectivity index (χ1) is 9.78. The van der Waals surface area contributed by atoms with Crippen LogP contribution >= 0.6 is 0 Å². The van der Waals surface area contributed by atoms with Crippen LogP contribution in [0.4, 0.5) is 0 Å². The molecular formula is C15H12N4O. The molecule has 0 bridgehead atoms. The van der Waals surface area contributed by atoms with Gasteiger partial charge in [0.2, 0.25) is 0 Å². The summed E-state index contributed by atoms with van der Waals surface area (Å²) in [5.41, 5.74) is 2.42. The molecule has 0 N–H and O–H groups in total. The third-order valence-electron chi connectivity index (χ3n) is 3.03. The van der Waals surface area contributed by atoms with Gasteiger partial charge in [0.05, 0.1) is 12.7 Å². The van der Waals surface area contributed by atoms with Crippen molar-refractivity contribution >= 4 is 5.65 Å². The van der Waals surface area contributed by atoms with Gasteiger partial charge in [0.15, 0.2) is 11.5 Å². The monoisotopic (exact) mass is 264 g/mol. The fourth-order valence-electron chi connectivity index (χ4n) is 2.00. The van der Waals surface area contributed by atoms with E-state index in [0.29, 0.717) is 12.0 Å². The summed E-state index contributed by atoms with van der Waals surface area (Å²) in [4.78, 5) is 4.44. The van der Waals surface area contributed by atoms with Gasteiger partial charge in [0, 0.05) is 12.6 Å². The number of hydrogen-bond donors (Lipinski definition) is 0. The van der Waals surface area contributed by atoms with Crippen LogP contribution in [0.15, 0.2) is 42.6 Å². The molecule has 5 heteroatoms. The minimum absolute atomic E-state index is 0.568. The average molecular weight is 264 g/mol. The quantitative estimate of drug-likeness (QED) is 0.727. The number of methoxy groups -OCH3 is 1. The molecule has 20 heavy (non-hydrogen) atoms. The van der Waals surface area contributed by atoms with Gasteiger partial charge in [-0.2, -0.15) is 10.4 Å². The van der Waals surface area contributed by atoms with Gasteiger partial charge in [-0.05, 0) is 29.8 Å². The molecule has 5 nitrogen and oxygen atoms in total. The fourth-order valence-corrected chi connectivity index (χ4v) is 2.00. The van der Waals surface area contributed by atoms with Crippen LogP contribution in [-0.4, -0.2) is 21.7 Å². The molecule has 0 aliphatic heterocycles. The van der Waals surface area contributed by atoms with Crippen LogP contribution in [0, 0.1) is 11.3 Å². The Balaban J connectivity index is 1.88. The lowest BCUT2D eigenvalue weighted by Gasteiger charge is -2.00. The highest BCUT2D eigenvalue weighted by Crippen LogP contribution is 2.14. The van der Waals surface area contributed by atoms with E-state index in [1.165, 1.54) is 0 Å². The number of ether oxygens (including phenoxy) is 1. The van der Waals surface area contributed by atoms with Crippen molar-refractivity contribution in [2.45, 2.75) is 6.42 Å². The van der Waals surface area contributed by atoms with Crippen molar-refractivity contribution in [1.29, 1.82) is 5.26 Å². The van der Waals surface area contributed by atoms with E-state index in [1.807, 2.05) is 24.3 Å². The van der Waals surface area contributed by atoms with Gasteiger partial charge in [0.25, 0.3) is 0 Å². The summed E-state index contributed by atoms with van der Waals surface area (Å²) in [5, 5.41) is 13.2. The van der Waals surface area contributed by atoms with Crippen molar-refractivity contribution in [2.75, 3.05) is 7.11 Å². The van der Waals surface area contributed by atoms with Gasteiger partial charge in [-0.3, -0.25) is 0 Å². The molecule has 2 heterocycles. The molecular weight excluding hydrogens is 252 g/mol. The van der Waals surface area contributed by atoms with Crippen molar-refractivity contribution in [3.63, 3.8) is 0 Å². The zero-order valence-electron chi connectivity index (χ0n) is 10.9. The van der Waals surface area contributed by atoms with Crippen LogP contribution in [0.3, 0.4) is 0 Å². The van der Waals surface area contributed by atoms with Gasteiger partial charge in [-0.1, -0.05) is 12.1 Å². The summed E-state index contributed by atoms with van der Waals surface area (Å²) < 4.78 is 6.76. The Hall–Kier alpha value is -2.87. The zero-order chi connectivity index (χ0) is 13.9. The first-order valence-electron chi connectivity index (χ1n) is 6.17. The zero-order valence-corrected chi connectivity index (χ0v) is 10.9. The number of benzene rings is 1. The third-order valence-corrected chi connectivity index (χ3v) is 3.03. The van der Waals surface area contributed by atoms with E-state index in [0.717, 1.165) is 22.8 Å². The summed E-state index contributed by atoms with van der Waals surface area (Å²) in [7, 11) is 1.64. The normalized spacial score (nSPS) is 10.4. The maximum atomic E-state index is 8.87. The minimum Gasteiger partial charge on any atom is -0.497 e.